The number of hydrogen-bond donors (Lipinski definition) is 0. The van der Waals surface area contributed by atoms with Crippen LogP contribution in [-0.2, 0) is 0 Å². The van der Waals surface area contributed by atoms with Crippen LogP contribution in [0.4, 0.5) is 17.1 Å². The molecule has 0 spiro atoms. The first-order valence-electron chi connectivity index (χ1n) is 18.8. The molecule has 0 saturated carbocycles. The van der Waals surface area contributed by atoms with Crippen LogP contribution in [0.15, 0.2) is 206 Å². The van der Waals surface area contributed by atoms with Crippen molar-refractivity contribution in [1.82, 2.24) is 4.57 Å². The van der Waals surface area contributed by atoms with E-state index in [2.05, 4.69) is 216 Å². The van der Waals surface area contributed by atoms with Crippen LogP contribution in [0.25, 0.3) is 80.7 Å². The number of benzene rings is 9. The third kappa shape index (κ3) is 5.24. The molecule has 11 aromatic rings. The van der Waals surface area contributed by atoms with Gasteiger partial charge in [-0.3, -0.25) is 0 Å². The summed E-state index contributed by atoms with van der Waals surface area (Å²) < 4.78 is 5.03. The van der Waals surface area contributed by atoms with E-state index in [4.69, 9.17) is 0 Å². The fraction of sp³-hybridized carbons (Fsp3) is 0. The predicted octanol–water partition coefficient (Wildman–Crippen LogP) is 15.1. The highest BCUT2D eigenvalue weighted by atomic mass is 32.1. The van der Waals surface area contributed by atoms with Crippen molar-refractivity contribution in [2.75, 3.05) is 4.90 Å². The van der Waals surface area contributed by atoms with Crippen LogP contribution in [-0.4, -0.2) is 4.57 Å². The van der Waals surface area contributed by atoms with Crippen LogP contribution >= 0.6 is 11.3 Å². The van der Waals surface area contributed by atoms with E-state index in [0.717, 1.165) is 22.7 Å². The largest absolute Gasteiger partial charge is 0.310 e. The smallest absolute Gasteiger partial charge is 0.0562 e. The van der Waals surface area contributed by atoms with E-state index < -0.39 is 0 Å². The van der Waals surface area contributed by atoms with E-state index in [-0.39, 0.29) is 0 Å². The number of para-hydroxylation sites is 1. The zero-order chi connectivity index (χ0) is 36.3. The third-order valence-electron chi connectivity index (χ3n) is 11.0. The fourth-order valence-electron chi connectivity index (χ4n) is 8.49. The number of aromatic nitrogens is 1. The average Bonchev–Trinajstić information content (AvgIpc) is 3.79. The molecule has 0 bridgehead atoms. The summed E-state index contributed by atoms with van der Waals surface area (Å²) >= 11 is 1.86. The highest BCUT2D eigenvalue weighted by molar-refractivity contribution is 7.25. The number of thiophene rings is 1. The van der Waals surface area contributed by atoms with Crippen LogP contribution in [0.5, 0.6) is 0 Å². The molecule has 0 fully saturated rings. The Labute approximate surface area is 323 Å². The van der Waals surface area contributed by atoms with E-state index >= 15 is 0 Å². The lowest BCUT2D eigenvalue weighted by atomic mass is 9.94. The van der Waals surface area contributed by atoms with Crippen LogP contribution < -0.4 is 4.90 Å². The number of rotatable bonds is 6. The number of hydrogen-bond acceptors (Lipinski definition) is 2. The van der Waals surface area contributed by atoms with Crippen molar-refractivity contribution in [3.05, 3.63) is 206 Å². The summed E-state index contributed by atoms with van der Waals surface area (Å²) in [4.78, 5) is 2.42. The molecule has 0 aliphatic rings. The van der Waals surface area contributed by atoms with Gasteiger partial charge < -0.3 is 9.47 Å². The lowest BCUT2D eigenvalue weighted by Crippen LogP contribution is -2.10. The Balaban J connectivity index is 1.18. The van der Waals surface area contributed by atoms with Gasteiger partial charge in [-0.05, 0) is 93.7 Å². The molecule has 0 atom stereocenters. The normalized spacial score (nSPS) is 11.6. The average molecular weight is 719 g/mol. The van der Waals surface area contributed by atoms with Crippen molar-refractivity contribution in [1.29, 1.82) is 0 Å². The van der Waals surface area contributed by atoms with E-state index in [1.165, 1.54) is 75.0 Å². The third-order valence-corrected chi connectivity index (χ3v) is 12.1. The molecule has 2 nitrogen and oxygen atoms in total. The molecule has 2 aromatic heterocycles. The summed E-state index contributed by atoms with van der Waals surface area (Å²) in [7, 11) is 0. The van der Waals surface area contributed by atoms with Gasteiger partial charge in [-0.1, -0.05) is 146 Å². The Kier molecular flexibility index (Phi) is 7.39. The molecule has 0 aliphatic carbocycles. The summed E-state index contributed by atoms with van der Waals surface area (Å²) in [5.41, 5.74) is 11.7. The molecule has 0 unspecified atom stereocenters. The second kappa shape index (κ2) is 12.9. The summed E-state index contributed by atoms with van der Waals surface area (Å²) in [5, 5.41) is 7.59. The highest BCUT2D eigenvalue weighted by Gasteiger charge is 2.21. The maximum Gasteiger partial charge on any atom is 0.0562 e. The summed E-state index contributed by atoms with van der Waals surface area (Å²) in [6.45, 7) is 0. The van der Waals surface area contributed by atoms with Gasteiger partial charge in [0.2, 0.25) is 0 Å². The van der Waals surface area contributed by atoms with Gasteiger partial charge in [-0.2, -0.15) is 0 Å². The summed E-state index contributed by atoms with van der Waals surface area (Å²) in [6, 6.07) is 75.2. The lowest BCUT2D eigenvalue weighted by Gasteiger charge is -2.26. The molecule has 0 N–H and O–H groups in total. The number of fused-ring (bicyclic) bond motifs is 7. The van der Waals surface area contributed by atoms with Crippen LogP contribution in [0.3, 0.4) is 0 Å². The van der Waals surface area contributed by atoms with Gasteiger partial charge in [0.1, 0.15) is 0 Å². The number of anilines is 3. The minimum Gasteiger partial charge on any atom is -0.310 e. The van der Waals surface area contributed by atoms with E-state index in [9.17, 15) is 0 Å². The molecule has 55 heavy (non-hydrogen) atoms. The van der Waals surface area contributed by atoms with Gasteiger partial charge in [0, 0.05) is 53.7 Å². The van der Waals surface area contributed by atoms with Crippen molar-refractivity contribution in [2.24, 2.45) is 0 Å². The summed E-state index contributed by atoms with van der Waals surface area (Å²) in [6.07, 6.45) is 0. The SMILES string of the molecule is c1ccc(-c2cccc(N(c3ccc4c(c3)sc3ccccc34)c3ccc4c5c(-c6cccc7ccccc67)cccc5n(-c5ccccc5)c4c3)c2)cc1. The maximum absolute atomic E-state index is 2.44. The Morgan fingerprint density at radius 2 is 0.982 bits per heavy atom. The molecule has 0 radical (unpaired) electrons. The first kappa shape index (κ1) is 31.6. The van der Waals surface area contributed by atoms with Gasteiger partial charge in [-0.15, -0.1) is 11.3 Å². The molecule has 9 aromatic carbocycles. The van der Waals surface area contributed by atoms with Gasteiger partial charge in [0.15, 0.2) is 0 Å². The molecule has 2 heterocycles. The highest BCUT2D eigenvalue weighted by Crippen LogP contribution is 2.45. The summed E-state index contributed by atoms with van der Waals surface area (Å²) in [5.74, 6) is 0. The molecule has 3 heteroatoms. The van der Waals surface area contributed by atoms with Crippen molar-refractivity contribution >= 4 is 81.1 Å². The van der Waals surface area contributed by atoms with Gasteiger partial charge in [0.25, 0.3) is 0 Å². The van der Waals surface area contributed by atoms with Crippen molar-refractivity contribution in [2.45, 2.75) is 0 Å². The quantitative estimate of drug-likeness (QED) is 0.166. The lowest BCUT2D eigenvalue weighted by molar-refractivity contribution is 1.18. The molecular formula is C52H34N2S. The standard InChI is InChI=1S/C52H34N2S/c1-3-14-35(15-4-1)37-18-11-21-39(32-37)53(41-28-30-45-44-23-9-10-27-50(44)55-51(45)34-41)40-29-31-47-49(33-40)54(38-19-5-2-6-20-38)48-26-13-25-46(52(47)48)43-24-12-17-36-16-7-8-22-42(36)43/h1-34H. The first-order chi connectivity index (χ1) is 27.3. The van der Waals surface area contributed by atoms with Crippen molar-refractivity contribution < 1.29 is 0 Å². The Morgan fingerprint density at radius 3 is 1.85 bits per heavy atom. The minimum absolute atomic E-state index is 1.10. The van der Waals surface area contributed by atoms with Gasteiger partial charge >= 0.3 is 0 Å². The zero-order valence-corrected chi connectivity index (χ0v) is 30.7. The maximum atomic E-state index is 2.44. The predicted molar refractivity (Wildman–Crippen MR) is 237 cm³/mol. The first-order valence-corrected chi connectivity index (χ1v) is 19.6. The molecule has 0 saturated heterocycles. The topological polar surface area (TPSA) is 8.17 Å². The molecule has 0 aliphatic heterocycles. The fourth-order valence-corrected chi connectivity index (χ4v) is 9.63. The second-order valence-corrected chi connectivity index (χ2v) is 15.2. The molecule has 258 valence electrons. The second-order valence-electron chi connectivity index (χ2n) is 14.1. The minimum atomic E-state index is 1.10. The van der Waals surface area contributed by atoms with E-state index in [1.54, 1.807) is 0 Å². The van der Waals surface area contributed by atoms with Crippen molar-refractivity contribution in [3.8, 4) is 27.9 Å². The van der Waals surface area contributed by atoms with Gasteiger partial charge in [0.05, 0.1) is 11.0 Å². The zero-order valence-electron chi connectivity index (χ0n) is 29.9. The van der Waals surface area contributed by atoms with E-state index in [0.29, 0.717) is 0 Å². The van der Waals surface area contributed by atoms with Gasteiger partial charge in [-0.25, -0.2) is 0 Å². The van der Waals surface area contributed by atoms with Crippen LogP contribution in [0.2, 0.25) is 0 Å². The molecule has 0 amide bonds. The Morgan fingerprint density at radius 1 is 0.364 bits per heavy atom. The van der Waals surface area contributed by atoms with Crippen LogP contribution in [0, 0.1) is 0 Å². The van der Waals surface area contributed by atoms with E-state index in [1.807, 2.05) is 11.3 Å². The molecule has 11 rings (SSSR count). The Bertz CT molecular complexity index is 3200. The van der Waals surface area contributed by atoms with Crippen molar-refractivity contribution in [3.63, 3.8) is 0 Å². The van der Waals surface area contributed by atoms with Crippen LogP contribution in [0.1, 0.15) is 0 Å². The Hall–Kier alpha value is -6.94. The molecular weight excluding hydrogens is 685 g/mol. The number of nitrogens with zero attached hydrogens (tertiary/aromatic N) is 2. The monoisotopic (exact) mass is 718 g/mol.